The molecule has 0 unspecified atom stereocenters. The van der Waals surface area contributed by atoms with Gasteiger partial charge in [0.1, 0.15) is 6.20 Å². The van der Waals surface area contributed by atoms with Crippen LogP contribution in [0.4, 0.5) is 11.5 Å². The Bertz CT molecular complexity index is 496. The molecule has 0 atom stereocenters. The minimum atomic E-state index is -0.498. The predicted octanol–water partition coefficient (Wildman–Crippen LogP) is 1.37. The topological polar surface area (TPSA) is 96.7 Å². The second kappa shape index (κ2) is 5.06. The van der Waals surface area contributed by atoms with E-state index in [0.717, 1.165) is 12.0 Å². The van der Waals surface area contributed by atoms with Gasteiger partial charge in [-0.3, -0.25) is 4.98 Å². The number of H-pyrrole nitrogens is 1. The van der Waals surface area contributed by atoms with E-state index < -0.39 is 4.92 Å². The number of anilines is 1. The van der Waals surface area contributed by atoms with Crippen LogP contribution < -0.4 is 5.32 Å². The number of aromatic amines is 1. The molecule has 0 fully saturated rings. The van der Waals surface area contributed by atoms with Gasteiger partial charge in [-0.2, -0.15) is 0 Å². The Balaban J connectivity index is 1.90. The van der Waals surface area contributed by atoms with Crippen LogP contribution in [0.1, 0.15) is 5.56 Å². The summed E-state index contributed by atoms with van der Waals surface area (Å²) in [5.74, 6) is -0.111. The fourth-order valence-corrected chi connectivity index (χ4v) is 1.44. The smallest absolute Gasteiger partial charge is 0.366 e. The van der Waals surface area contributed by atoms with Crippen molar-refractivity contribution in [3.05, 3.63) is 46.4 Å². The van der Waals surface area contributed by atoms with E-state index >= 15 is 0 Å². The van der Waals surface area contributed by atoms with E-state index in [9.17, 15) is 10.1 Å². The molecule has 0 amide bonds. The SMILES string of the molecule is O=[N+]([O-])c1[nH]ncc1NCCc1ccncc1. The molecule has 2 N–H and O–H groups in total. The number of pyridine rings is 1. The Morgan fingerprint density at radius 1 is 1.41 bits per heavy atom. The third kappa shape index (κ3) is 2.77. The molecule has 2 aromatic rings. The predicted molar refractivity (Wildman–Crippen MR) is 61.7 cm³/mol. The number of rotatable bonds is 5. The highest BCUT2D eigenvalue weighted by Crippen LogP contribution is 2.19. The third-order valence-electron chi connectivity index (χ3n) is 2.28. The van der Waals surface area contributed by atoms with Gasteiger partial charge in [0.25, 0.3) is 0 Å². The molecule has 7 nitrogen and oxygen atoms in total. The van der Waals surface area contributed by atoms with E-state index in [-0.39, 0.29) is 5.82 Å². The Kier molecular flexibility index (Phi) is 3.29. The average molecular weight is 233 g/mol. The summed E-state index contributed by atoms with van der Waals surface area (Å²) in [5.41, 5.74) is 1.53. The molecule has 17 heavy (non-hydrogen) atoms. The van der Waals surface area contributed by atoms with Crippen LogP contribution in [0, 0.1) is 10.1 Å². The maximum atomic E-state index is 10.6. The Hall–Kier alpha value is -2.44. The van der Waals surface area contributed by atoms with Crippen molar-refractivity contribution in [2.45, 2.75) is 6.42 Å². The number of nitro groups is 1. The zero-order valence-corrected chi connectivity index (χ0v) is 8.96. The van der Waals surface area contributed by atoms with Crippen LogP contribution in [-0.2, 0) is 6.42 Å². The zero-order chi connectivity index (χ0) is 12.1. The van der Waals surface area contributed by atoms with Crippen LogP contribution in [-0.4, -0.2) is 26.6 Å². The summed E-state index contributed by atoms with van der Waals surface area (Å²) in [6.45, 7) is 0.602. The molecule has 0 radical (unpaired) electrons. The normalized spacial score (nSPS) is 10.1. The molecule has 2 aromatic heterocycles. The lowest BCUT2D eigenvalue weighted by Gasteiger charge is -2.03. The van der Waals surface area contributed by atoms with E-state index in [2.05, 4.69) is 20.5 Å². The Labute approximate surface area is 97.0 Å². The van der Waals surface area contributed by atoms with Crippen molar-refractivity contribution in [2.24, 2.45) is 0 Å². The first-order chi connectivity index (χ1) is 8.27. The van der Waals surface area contributed by atoms with Crippen molar-refractivity contribution < 1.29 is 4.92 Å². The highest BCUT2D eigenvalue weighted by molar-refractivity contribution is 5.55. The van der Waals surface area contributed by atoms with Crippen molar-refractivity contribution in [2.75, 3.05) is 11.9 Å². The summed E-state index contributed by atoms with van der Waals surface area (Å²) < 4.78 is 0. The minimum absolute atomic E-state index is 0.111. The molecule has 7 heteroatoms. The second-order valence-electron chi connectivity index (χ2n) is 3.42. The molecule has 0 aliphatic heterocycles. The van der Waals surface area contributed by atoms with Crippen molar-refractivity contribution >= 4 is 11.5 Å². The molecule has 0 saturated carbocycles. The number of hydrogen-bond donors (Lipinski definition) is 2. The molecular formula is C10H11N5O2. The van der Waals surface area contributed by atoms with E-state index in [1.807, 2.05) is 12.1 Å². The minimum Gasteiger partial charge on any atom is -0.376 e. The van der Waals surface area contributed by atoms with Gasteiger partial charge in [-0.05, 0) is 29.0 Å². The van der Waals surface area contributed by atoms with Crippen LogP contribution >= 0.6 is 0 Å². The van der Waals surface area contributed by atoms with Gasteiger partial charge in [0.05, 0.1) is 0 Å². The molecule has 0 spiro atoms. The summed E-state index contributed by atoms with van der Waals surface area (Å²) in [4.78, 5) is 14.0. The molecule has 0 aliphatic rings. The summed E-state index contributed by atoms with van der Waals surface area (Å²) in [6, 6.07) is 3.82. The van der Waals surface area contributed by atoms with E-state index in [1.54, 1.807) is 12.4 Å². The van der Waals surface area contributed by atoms with E-state index in [0.29, 0.717) is 12.2 Å². The van der Waals surface area contributed by atoms with Crippen LogP contribution in [0.15, 0.2) is 30.7 Å². The highest BCUT2D eigenvalue weighted by Gasteiger charge is 2.13. The Morgan fingerprint density at radius 3 is 2.88 bits per heavy atom. The standard InChI is InChI=1S/C10H11N5O2/c16-15(17)10-9(7-13-14-10)12-6-3-8-1-4-11-5-2-8/h1-2,4-5,7,12H,3,6H2,(H,13,14). The molecule has 0 bridgehead atoms. The first-order valence-electron chi connectivity index (χ1n) is 5.08. The van der Waals surface area contributed by atoms with Gasteiger partial charge in [0.15, 0.2) is 5.69 Å². The number of aromatic nitrogens is 3. The van der Waals surface area contributed by atoms with Gasteiger partial charge in [0.2, 0.25) is 0 Å². The largest absolute Gasteiger partial charge is 0.376 e. The lowest BCUT2D eigenvalue weighted by Crippen LogP contribution is -2.05. The highest BCUT2D eigenvalue weighted by atomic mass is 16.6. The molecule has 0 saturated heterocycles. The van der Waals surface area contributed by atoms with Gasteiger partial charge in [0, 0.05) is 18.9 Å². The number of hydrogen-bond acceptors (Lipinski definition) is 5. The molecule has 0 aliphatic carbocycles. The number of nitrogens with zero attached hydrogens (tertiary/aromatic N) is 3. The lowest BCUT2D eigenvalue weighted by atomic mass is 10.2. The van der Waals surface area contributed by atoms with Crippen molar-refractivity contribution in [3.8, 4) is 0 Å². The molecule has 88 valence electrons. The van der Waals surface area contributed by atoms with Crippen LogP contribution in [0.2, 0.25) is 0 Å². The monoisotopic (exact) mass is 233 g/mol. The first kappa shape index (κ1) is 11.1. The third-order valence-corrected chi connectivity index (χ3v) is 2.28. The summed E-state index contributed by atoms with van der Waals surface area (Å²) >= 11 is 0. The lowest BCUT2D eigenvalue weighted by molar-refractivity contribution is -0.388. The van der Waals surface area contributed by atoms with Crippen molar-refractivity contribution in [3.63, 3.8) is 0 Å². The van der Waals surface area contributed by atoms with Gasteiger partial charge in [-0.25, -0.2) is 0 Å². The average Bonchev–Trinajstić information content (AvgIpc) is 2.79. The van der Waals surface area contributed by atoms with Gasteiger partial charge >= 0.3 is 5.82 Å². The molecular weight excluding hydrogens is 222 g/mol. The summed E-state index contributed by atoms with van der Waals surface area (Å²) in [7, 11) is 0. The van der Waals surface area contributed by atoms with Crippen LogP contribution in [0.3, 0.4) is 0 Å². The molecule has 2 heterocycles. The van der Waals surface area contributed by atoms with Gasteiger partial charge < -0.3 is 15.4 Å². The maximum absolute atomic E-state index is 10.6. The molecule has 0 aromatic carbocycles. The van der Waals surface area contributed by atoms with Crippen LogP contribution in [0.25, 0.3) is 0 Å². The maximum Gasteiger partial charge on any atom is 0.366 e. The second-order valence-corrected chi connectivity index (χ2v) is 3.42. The fraction of sp³-hybridized carbons (Fsp3) is 0.200. The van der Waals surface area contributed by atoms with E-state index in [1.165, 1.54) is 6.20 Å². The molecule has 2 rings (SSSR count). The quantitative estimate of drug-likeness (QED) is 0.600. The zero-order valence-electron chi connectivity index (χ0n) is 8.96. The first-order valence-corrected chi connectivity index (χ1v) is 5.08. The summed E-state index contributed by atoms with van der Waals surface area (Å²) in [6.07, 6.45) is 5.61. The van der Waals surface area contributed by atoms with Crippen molar-refractivity contribution in [1.82, 2.24) is 15.2 Å². The van der Waals surface area contributed by atoms with E-state index in [4.69, 9.17) is 0 Å². The van der Waals surface area contributed by atoms with Gasteiger partial charge in [-0.15, -0.1) is 5.10 Å². The summed E-state index contributed by atoms with van der Waals surface area (Å²) in [5, 5.41) is 19.5. The van der Waals surface area contributed by atoms with Crippen molar-refractivity contribution in [1.29, 1.82) is 0 Å². The van der Waals surface area contributed by atoms with Crippen LogP contribution in [0.5, 0.6) is 0 Å². The van der Waals surface area contributed by atoms with Gasteiger partial charge in [-0.1, -0.05) is 5.10 Å². The number of nitrogens with one attached hydrogen (secondary N) is 2. The Morgan fingerprint density at radius 2 is 2.18 bits per heavy atom. The fourth-order valence-electron chi connectivity index (χ4n) is 1.44.